The summed E-state index contributed by atoms with van der Waals surface area (Å²) in [6.45, 7) is 5.86. The zero-order chi connectivity index (χ0) is 16.4. The van der Waals surface area contributed by atoms with Crippen molar-refractivity contribution in [2.75, 3.05) is 13.7 Å². The number of Topliss-reactive ketones (excluding diaryl/α,β-unsaturated/α-hetero) is 1. The molecule has 5 nitrogen and oxygen atoms in total. The smallest absolute Gasteiger partial charge is 0.184 e. The molecule has 1 aromatic rings. The summed E-state index contributed by atoms with van der Waals surface area (Å²) >= 11 is 0. The van der Waals surface area contributed by atoms with Gasteiger partial charge in [0.2, 0.25) is 0 Å². The zero-order valence-corrected chi connectivity index (χ0v) is 13.4. The Morgan fingerprint density at radius 1 is 1.35 bits per heavy atom. The number of methoxy groups -OCH3 is 1. The quantitative estimate of drug-likeness (QED) is 0.799. The van der Waals surface area contributed by atoms with E-state index in [1.54, 1.807) is 6.08 Å². The summed E-state index contributed by atoms with van der Waals surface area (Å²) in [5.41, 5.74) is 0.0778. The fraction of sp³-hybridized carbons (Fsp3) is 0.500. The first kappa shape index (κ1) is 16.3. The van der Waals surface area contributed by atoms with Crippen LogP contribution in [0.2, 0.25) is 0 Å². The average Bonchev–Trinajstić information content (AvgIpc) is 2.59. The Labute approximate surface area is 136 Å². The van der Waals surface area contributed by atoms with Crippen molar-refractivity contribution in [2.24, 2.45) is 5.41 Å². The van der Waals surface area contributed by atoms with Crippen LogP contribution >= 0.6 is 0 Å². The average molecular weight is 318 g/mol. The van der Waals surface area contributed by atoms with Gasteiger partial charge in [0.25, 0.3) is 0 Å². The van der Waals surface area contributed by atoms with Gasteiger partial charge in [-0.1, -0.05) is 36.4 Å². The normalized spacial score (nSPS) is 37.2. The van der Waals surface area contributed by atoms with E-state index in [0.29, 0.717) is 13.0 Å². The van der Waals surface area contributed by atoms with E-state index in [9.17, 15) is 4.79 Å². The Bertz CT molecular complexity index is 572. The maximum Gasteiger partial charge on any atom is 0.184 e. The Hall–Kier alpha value is -1.53. The Balaban J connectivity index is 1.83. The number of fused-ring (bicyclic) bond motifs is 1. The van der Waals surface area contributed by atoms with Gasteiger partial charge in [-0.25, -0.2) is 0 Å². The summed E-state index contributed by atoms with van der Waals surface area (Å²) in [6.07, 6.45) is -0.127. The number of ketones is 1. The van der Waals surface area contributed by atoms with Crippen molar-refractivity contribution in [3.05, 3.63) is 48.6 Å². The van der Waals surface area contributed by atoms with Crippen LogP contribution in [-0.4, -0.2) is 38.0 Å². The highest BCUT2D eigenvalue weighted by molar-refractivity contribution is 5.90. The van der Waals surface area contributed by atoms with Gasteiger partial charge in [0.1, 0.15) is 12.2 Å². The van der Waals surface area contributed by atoms with Crippen LogP contribution in [0.15, 0.2) is 43.0 Å². The van der Waals surface area contributed by atoms with Crippen LogP contribution in [0.4, 0.5) is 0 Å². The molecule has 124 valence electrons. The minimum absolute atomic E-state index is 0.0234. The van der Waals surface area contributed by atoms with E-state index in [0.717, 1.165) is 5.56 Å². The molecule has 0 amide bonds. The van der Waals surface area contributed by atoms with Crippen LogP contribution in [0.3, 0.4) is 0 Å². The summed E-state index contributed by atoms with van der Waals surface area (Å²) in [6, 6.07) is 9.58. The lowest BCUT2D eigenvalue weighted by Crippen LogP contribution is -2.61. The van der Waals surface area contributed by atoms with E-state index in [1.807, 2.05) is 37.3 Å². The summed E-state index contributed by atoms with van der Waals surface area (Å²) in [4.78, 5) is 13.0. The van der Waals surface area contributed by atoms with E-state index < -0.39 is 30.2 Å². The minimum atomic E-state index is -0.809. The molecule has 2 heterocycles. The molecule has 0 saturated carbocycles. The van der Waals surface area contributed by atoms with Crippen molar-refractivity contribution in [1.29, 1.82) is 0 Å². The van der Waals surface area contributed by atoms with Gasteiger partial charge in [-0.3, -0.25) is 4.79 Å². The fourth-order valence-corrected chi connectivity index (χ4v) is 3.22. The zero-order valence-electron chi connectivity index (χ0n) is 13.4. The molecule has 0 bridgehead atoms. The topological polar surface area (TPSA) is 54.0 Å². The van der Waals surface area contributed by atoms with Crippen LogP contribution in [0, 0.1) is 5.41 Å². The molecule has 0 radical (unpaired) electrons. The summed E-state index contributed by atoms with van der Waals surface area (Å²) < 4.78 is 23.0. The van der Waals surface area contributed by atoms with E-state index in [4.69, 9.17) is 18.9 Å². The molecule has 5 heteroatoms. The predicted molar refractivity (Wildman–Crippen MR) is 83.6 cm³/mol. The van der Waals surface area contributed by atoms with Gasteiger partial charge in [0, 0.05) is 12.7 Å². The van der Waals surface area contributed by atoms with Crippen molar-refractivity contribution in [1.82, 2.24) is 0 Å². The van der Waals surface area contributed by atoms with Crippen molar-refractivity contribution in [3.8, 4) is 0 Å². The molecule has 2 fully saturated rings. The molecule has 3 rings (SSSR count). The second-order valence-corrected chi connectivity index (χ2v) is 6.15. The van der Waals surface area contributed by atoms with E-state index in [2.05, 4.69) is 6.58 Å². The van der Waals surface area contributed by atoms with Gasteiger partial charge in [-0.05, 0) is 13.3 Å². The lowest BCUT2D eigenvalue weighted by Gasteiger charge is -2.48. The summed E-state index contributed by atoms with van der Waals surface area (Å²) in [5.74, 6) is -0.0234. The van der Waals surface area contributed by atoms with Gasteiger partial charge < -0.3 is 18.9 Å². The number of hydrogen-bond donors (Lipinski definition) is 0. The van der Waals surface area contributed by atoms with E-state index >= 15 is 0 Å². The second-order valence-electron chi connectivity index (χ2n) is 6.15. The Morgan fingerprint density at radius 3 is 2.74 bits per heavy atom. The van der Waals surface area contributed by atoms with Gasteiger partial charge in [-0.2, -0.15) is 0 Å². The molecule has 2 aliphatic heterocycles. The molecule has 1 aromatic carbocycles. The predicted octanol–water partition coefficient (Wildman–Crippen LogP) is 2.62. The molecule has 0 aromatic heterocycles. The molecular formula is C18H22O5. The van der Waals surface area contributed by atoms with E-state index in [1.165, 1.54) is 7.11 Å². The molecular weight excluding hydrogens is 296 g/mol. The van der Waals surface area contributed by atoms with Gasteiger partial charge >= 0.3 is 0 Å². The molecule has 2 saturated heterocycles. The van der Waals surface area contributed by atoms with Crippen LogP contribution in [0.1, 0.15) is 25.2 Å². The van der Waals surface area contributed by atoms with Crippen molar-refractivity contribution >= 4 is 5.78 Å². The maximum absolute atomic E-state index is 13.0. The summed E-state index contributed by atoms with van der Waals surface area (Å²) in [7, 11) is 1.54. The number of carbonyl (C=O) groups is 1. The molecule has 0 aliphatic carbocycles. The largest absolute Gasteiger partial charge is 0.355 e. The SMILES string of the molecule is C=CC[C@]1(C)C(=O)[C@@H]2O[C@H](c3ccccc3)OC[C@H]2O[C@@H]1OC. The standard InChI is InChI=1S/C18H22O5/c1-4-10-18(2)15(19)14-13(22-17(18)20-3)11-21-16(23-14)12-8-6-5-7-9-12/h4-9,13-14,16-17H,1,10-11H2,2-3H3/t13-,14-,16-,17+,18-/m1/s1. The fourth-order valence-electron chi connectivity index (χ4n) is 3.22. The Morgan fingerprint density at radius 2 is 2.09 bits per heavy atom. The first-order valence-corrected chi connectivity index (χ1v) is 7.75. The highest BCUT2D eigenvalue weighted by Crippen LogP contribution is 2.42. The number of rotatable bonds is 4. The van der Waals surface area contributed by atoms with E-state index in [-0.39, 0.29) is 5.78 Å². The Kier molecular flexibility index (Phi) is 4.64. The number of allylic oxidation sites excluding steroid dienone is 1. The van der Waals surface area contributed by atoms with Gasteiger partial charge in [0.05, 0.1) is 12.0 Å². The number of ether oxygens (including phenoxy) is 4. The first-order valence-electron chi connectivity index (χ1n) is 7.75. The third-order valence-electron chi connectivity index (χ3n) is 4.51. The molecule has 23 heavy (non-hydrogen) atoms. The molecule has 5 atom stereocenters. The monoisotopic (exact) mass is 318 g/mol. The summed E-state index contributed by atoms with van der Waals surface area (Å²) in [5, 5.41) is 0. The van der Waals surface area contributed by atoms with Crippen molar-refractivity contribution < 1.29 is 23.7 Å². The lowest BCUT2D eigenvalue weighted by atomic mass is 9.75. The third-order valence-corrected chi connectivity index (χ3v) is 4.51. The van der Waals surface area contributed by atoms with Crippen molar-refractivity contribution in [3.63, 3.8) is 0 Å². The molecule has 0 N–H and O–H groups in total. The first-order chi connectivity index (χ1) is 11.1. The van der Waals surface area contributed by atoms with Crippen LogP contribution in [-0.2, 0) is 23.7 Å². The maximum atomic E-state index is 13.0. The molecule has 2 aliphatic rings. The van der Waals surface area contributed by atoms with Crippen molar-refractivity contribution in [2.45, 2.75) is 38.1 Å². The number of carbonyl (C=O) groups excluding carboxylic acids is 1. The molecule has 0 spiro atoms. The highest BCUT2D eigenvalue weighted by atomic mass is 16.7. The van der Waals surface area contributed by atoms with Gasteiger partial charge in [0.15, 0.2) is 18.4 Å². The minimum Gasteiger partial charge on any atom is -0.355 e. The van der Waals surface area contributed by atoms with Crippen LogP contribution < -0.4 is 0 Å². The third kappa shape index (κ3) is 2.85. The lowest BCUT2D eigenvalue weighted by molar-refractivity contribution is -0.320. The van der Waals surface area contributed by atoms with Gasteiger partial charge in [-0.15, -0.1) is 6.58 Å². The molecule has 0 unspecified atom stereocenters. The van der Waals surface area contributed by atoms with Crippen LogP contribution in [0.25, 0.3) is 0 Å². The second kappa shape index (κ2) is 6.53. The number of hydrogen-bond acceptors (Lipinski definition) is 5. The number of benzene rings is 1. The van der Waals surface area contributed by atoms with Crippen LogP contribution in [0.5, 0.6) is 0 Å². The highest BCUT2D eigenvalue weighted by Gasteiger charge is 2.55.